The molecular weight excluding hydrogens is 354 g/mol. The van der Waals surface area contributed by atoms with Crippen molar-refractivity contribution in [2.45, 2.75) is 33.2 Å². The van der Waals surface area contributed by atoms with Crippen molar-refractivity contribution < 1.29 is 9.90 Å². The Morgan fingerprint density at radius 3 is 2.86 bits per heavy atom. The Morgan fingerprint density at radius 1 is 1.52 bits per heavy atom. The number of benzene rings is 1. The largest absolute Gasteiger partial charge is 0.481 e. The van der Waals surface area contributed by atoms with Crippen LogP contribution in [0.4, 0.5) is 0 Å². The zero-order valence-electron chi connectivity index (χ0n) is 12.4. The molecule has 5 heteroatoms. The molecule has 3 nitrogen and oxygen atoms in total. The van der Waals surface area contributed by atoms with Crippen molar-refractivity contribution in [3.63, 3.8) is 0 Å². The number of likely N-dealkylation sites (tertiary alicyclic amines) is 1. The van der Waals surface area contributed by atoms with Crippen molar-refractivity contribution in [3.05, 3.63) is 33.3 Å². The first-order valence-corrected chi connectivity index (χ1v) is 8.37. The zero-order valence-corrected chi connectivity index (χ0v) is 14.7. The van der Waals surface area contributed by atoms with Crippen LogP contribution < -0.4 is 0 Å². The van der Waals surface area contributed by atoms with Gasteiger partial charge in [0.05, 0.1) is 10.4 Å². The second kappa shape index (κ2) is 6.67. The molecule has 0 spiro atoms. The average molecular weight is 375 g/mol. The van der Waals surface area contributed by atoms with Crippen LogP contribution in [0.1, 0.15) is 32.3 Å². The first kappa shape index (κ1) is 16.8. The average Bonchev–Trinajstić information content (AvgIpc) is 2.43. The van der Waals surface area contributed by atoms with Crippen molar-refractivity contribution in [1.29, 1.82) is 0 Å². The van der Waals surface area contributed by atoms with Crippen LogP contribution in [0.3, 0.4) is 0 Å². The summed E-state index contributed by atoms with van der Waals surface area (Å²) in [6.45, 7) is 6.36. The Morgan fingerprint density at radius 2 is 2.24 bits per heavy atom. The standard InChI is InChI=1S/C16H21BrClNO2/c1-16(2,15(20)21)12-4-3-7-19(10-12)9-11-5-6-14(18)13(17)8-11/h5-6,8,12H,3-4,7,9-10H2,1-2H3,(H,20,21). The molecule has 1 aliphatic rings. The Kier molecular flexibility index (Phi) is 5.33. The van der Waals surface area contributed by atoms with Crippen molar-refractivity contribution in [1.82, 2.24) is 4.90 Å². The molecule has 0 aromatic heterocycles. The molecule has 0 bridgehead atoms. The van der Waals surface area contributed by atoms with E-state index in [9.17, 15) is 9.90 Å². The van der Waals surface area contributed by atoms with Gasteiger partial charge >= 0.3 is 5.97 Å². The maximum absolute atomic E-state index is 11.4. The number of carbonyl (C=O) groups is 1. The molecule has 1 aromatic carbocycles. The van der Waals surface area contributed by atoms with Crippen molar-refractivity contribution in [2.75, 3.05) is 13.1 Å². The topological polar surface area (TPSA) is 40.5 Å². The molecule has 1 atom stereocenters. The van der Waals surface area contributed by atoms with E-state index < -0.39 is 11.4 Å². The molecule has 1 N–H and O–H groups in total. The van der Waals surface area contributed by atoms with Crippen LogP contribution in [0.25, 0.3) is 0 Å². The number of halogens is 2. The lowest BCUT2D eigenvalue weighted by Gasteiger charge is -2.39. The van der Waals surface area contributed by atoms with Crippen molar-refractivity contribution in [3.8, 4) is 0 Å². The highest BCUT2D eigenvalue weighted by Gasteiger charge is 2.38. The Labute approximate surface area is 139 Å². The van der Waals surface area contributed by atoms with Crippen LogP contribution in [-0.4, -0.2) is 29.1 Å². The van der Waals surface area contributed by atoms with E-state index in [2.05, 4.69) is 20.8 Å². The minimum atomic E-state index is -0.705. The van der Waals surface area contributed by atoms with Crippen LogP contribution in [0.2, 0.25) is 5.02 Å². The number of piperidine rings is 1. The zero-order chi connectivity index (χ0) is 15.6. The lowest BCUT2D eigenvalue weighted by molar-refractivity contribution is -0.151. The molecule has 1 aliphatic heterocycles. The molecule has 116 valence electrons. The minimum Gasteiger partial charge on any atom is -0.481 e. The van der Waals surface area contributed by atoms with Gasteiger partial charge in [0.25, 0.3) is 0 Å². The highest BCUT2D eigenvalue weighted by Crippen LogP contribution is 2.35. The van der Waals surface area contributed by atoms with Crippen LogP contribution in [0, 0.1) is 11.3 Å². The summed E-state index contributed by atoms with van der Waals surface area (Å²) in [4.78, 5) is 13.8. The van der Waals surface area contributed by atoms with E-state index in [4.69, 9.17) is 11.6 Å². The minimum absolute atomic E-state index is 0.194. The van der Waals surface area contributed by atoms with Gasteiger partial charge < -0.3 is 5.11 Å². The van der Waals surface area contributed by atoms with Gasteiger partial charge in [0.2, 0.25) is 0 Å². The van der Waals surface area contributed by atoms with Crippen molar-refractivity contribution >= 4 is 33.5 Å². The third-order valence-electron chi connectivity index (χ3n) is 4.47. The van der Waals surface area contributed by atoms with E-state index in [1.165, 1.54) is 5.56 Å². The van der Waals surface area contributed by atoms with Gasteiger partial charge in [-0.2, -0.15) is 0 Å². The predicted molar refractivity (Wildman–Crippen MR) is 88.6 cm³/mol. The summed E-state index contributed by atoms with van der Waals surface area (Å²) in [5.74, 6) is -0.511. The number of rotatable bonds is 4. The molecule has 0 saturated carbocycles. The Hall–Kier alpha value is -0.580. The molecule has 0 amide bonds. The number of nitrogens with zero attached hydrogens (tertiary/aromatic N) is 1. The quantitative estimate of drug-likeness (QED) is 0.848. The monoisotopic (exact) mass is 373 g/mol. The molecule has 1 saturated heterocycles. The number of hydrogen-bond acceptors (Lipinski definition) is 2. The van der Waals surface area contributed by atoms with Crippen molar-refractivity contribution in [2.24, 2.45) is 11.3 Å². The first-order valence-electron chi connectivity index (χ1n) is 7.20. The summed E-state index contributed by atoms with van der Waals surface area (Å²) >= 11 is 9.46. The molecule has 0 radical (unpaired) electrons. The maximum Gasteiger partial charge on any atom is 0.309 e. The number of aliphatic carboxylic acids is 1. The van der Waals surface area contributed by atoms with Crippen LogP contribution in [-0.2, 0) is 11.3 Å². The molecule has 1 unspecified atom stereocenters. The van der Waals surface area contributed by atoms with Gasteiger partial charge in [0, 0.05) is 17.6 Å². The van der Waals surface area contributed by atoms with Gasteiger partial charge in [-0.3, -0.25) is 9.69 Å². The van der Waals surface area contributed by atoms with E-state index in [1.54, 1.807) is 0 Å². The summed E-state index contributed by atoms with van der Waals surface area (Å²) in [6, 6.07) is 5.96. The van der Waals surface area contributed by atoms with Gasteiger partial charge in [-0.1, -0.05) is 17.7 Å². The summed E-state index contributed by atoms with van der Waals surface area (Å²) < 4.78 is 0.904. The fraction of sp³-hybridized carbons (Fsp3) is 0.562. The van der Waals surface area contributed by atoms with E-state index in [-0.39, 0.29) is 5.92 Å². The maximum atomic E-state index is 11.4. The fourth-order valence-corrected chi connectivity index (χ4v) is 3.40. The third-order valence-corrected chi connectivity index (χ3v) is 5.68. The number of hydrogen-bond donors (Lipinski definition) is 1. The van der Waals surface area contributed by atoms with E-state index in [0.29, 0.717) is 5.02 Å². The fourth-order valence-electron chi connectivity index (χ4n) is 2.86. The van der Waals surface area contributed by atoms with E-state index >= 15 is 0 Å². The first-order chi connectivity index (χ1) is 9.80. The molecule has 2 rings (SSSR count). The molecular formula is C16H21BrClNO2. The molecule has 0 aliphatic carbocycles. The van der Waals surface area contributed by atoms with Crippen LogP contribution in [0.5, 0.6) is 0 Å². The van der Waals surface area contributed by atoms with Gasteiger partial charge in [-0.15, -0.1) is 0 Å². The van der Waals surface area contributed by atoms with Gasteiger partial charge in [0.15, 0.2) is 0 Å². The molecule has 21 heavy (non-hydrogen) atoms. The smallest absolute Gasteiger partial charge is 0.309 e. The third kappa shape index (κ3) is 3.99. The summed E-state index contributed by atoms with van der Waals surface area (Å²) in [5, 5.41) is 10.1. The molecule has 1 heterocycles. The van der Waals surface area contributed by atoms with Crippen LogP contribution >= 0.6 is 27.5 Å². The number of carboxylic acid groups (broad SMARTS) is 1. The predicted octanol–water partition coefficient (Wildman–Crippen LogP) is 4.43. The lowest BCUT2D eigenvalue weighted by atomic mass is 9.74. The molecule has 1 aromatic rings. The van der Waals surface area contributed by atoms with E-state index in [1.807, 2.05) is 32.0 Å². The molecule has 1 fully saturated rings. The highest BCUT2D eigenvalue weighted by atomic mass is 79.9. The van der Waals surface area contributed by atoms with Gasteiger partial charge in [-0.05, 0) is 72.8 Å². The van der Waals surface area contributed by atoms with E-state index in [0.717, 1.165) is 36.9 Å². The summed E-state index contributed by atoms with van der Waals surface area (Å²) in [6.07, 6.45) is 2.04. The van der Waals surface area contributed by atoms with Gasteiger partial charge in [0.1, 0.15) is 0 Å². The van der Waals surface area contributed by atoms with Gasteiger partial charge in [-0.25, -0.2) is 0 Å². The Balaban J connectivity index is 2.04. The highest BCUT2D eigenvalue weighted by molar-refractivity contribution is 9.10. The normalized spacial score (nSPS) is 20.5. The van der Waals surface area contributed by atoms with Crippen LogP contribution in [0.15, 0.2) is 22.7 Å². The summed E-state index contributed by atoms with van der Waals surface area (Å²) in [5.41, 5.74) is 0.527. The lowest BCUT2D eigenvalue weighted by Crippen LogP contribution is -2.44. The Bertz CT molecular complexity index is 533. The summed E-state index contributed by atoms with van der Waals surface area (Å²) in [7, 11) is 0. The second-order valence-electron chi connectivity index (χ2n) is 6.35. The second-order valence-corrected chi connectivity index (χ2v) is 7.61. The SMILES string of the molecule is CC(C)(C(=O)O)C1CCCN(Cc2ccc(Cl)c(Br)c2)C1. The number of carboxylic acids is 1.